The minimum atomic E-state index is -0.282. The van der Waals surface area contributed by atoms with Crippen molar-refractivity contribution in [2.45, 2.75) is 22.6 Å². The van der Waals surface area contributed by atoms with Gasteiger partial charge in [0.05, 0.1) is 21.7 Å². The third-order valence-electron chi connectivity index (χ3n) is 3.17. The summed E-state index contributed by atoms with van der Waals surface area (Å²) in [5, 5.41) is 10.4. The Labute approximate surface area is 153 Å². The molecule has 0 aliphatic heterocycles. The number of thioether (sulfide) groups is 2. The molecule has 2 aromatic rings. The average Bonchev–Trinajstić information content (AvgIpc) is 3.15. The highest BCUT2D eigenvalue weighted by molar-refractivity contribution is 8.01. The van der Waals surface area contributed by atoms with Crippen LogP contribution in [-0.4, -0.2) is 45.0 Å². The Morgan fingerprint density at radius 3 is 2.67 bits per heavy atom. The molecule has 2 amide bonds. The molecule has 24 heavy (non-hydrogen) atoms. The maximum Gasteiger partial charge on any atom is 0.271 e. The Bertz CT molecular complexity index is 719. The summed E-state index contributed by atoms with van der Waals surface area (Å²) in [7, 11) is 1.67. The van der Waals surface area contributed by atoms with Crippen LogP contribution < -0.4 is 10.6 Å². The van der Waals surface area contributed by atoms with Crippen LogP contribution in [-0.2, 0) is 7.05 Å². The van der Waals surface area contributed by atoms with Gasteiger partial charge in [0.2, 0.25) is 0 Å². The molecule has 2 heterocycles. The van der Waals surface area contributed by atoms with Gasteiger partial charge in [0.1, 0.15) is 10.7 Å². The molecule has 2 rings (SSSR count). The van der Waals surface area contributed by atoms with Crippen molar-refractivity contribution < 1.29 is 9.59 Å². The summed E-state index contributed by atoms with van der Waals surface area (Å²) in [5.41, 5.74) is 1.27. The molecule has 0 aliphatic rings. The first kappa shape index (κ1) is 18.8. The summed E-state index contributed by atoms with van der Waals surface area (Å²) in [6.07, 6.45) is 6.10. The fraction of sp³-hybridized carbons (Fsp3) is 0.429. The standard InChI is InChI=1S/C14H19N5O2S3/c1-5-6-15-12(21)10-8(7-16-19(10)2)17-11(20)9-13(22-3)18-24-14(9)23-4/h7H,5-6H2,1-4H3,(H,15,21)(H,17,20). The largest absolute Gasteiger partial charge is 0.351 e. The van der Waals surface area contributed by atoms with E-state index in [0.717, 1.165) is 10.6 Å². The van der Waals surface area contributed by atoms with Gasteiger partial charge in [-0.05, 0) is 30.5 Å². The van der Waals surface area contributed by atoms with E-state index in [2.05, 4.69) is 20.1 Å². The number of nitrogens with one attached hydrogen (secondary N) is 2. The highest BCUT2D eigenvalue weighted by Gasteiger charge is 2.23. The molecule has 2 aromatic heterocycles. The van der Waals surface area contributed by atoms with Gasteiger partial charge in [0.15, 0.2) is 0 Å². The zero-order valence-electron chi connectivity index (χ0n) is 13.9. The fourth-order valence-corrected chi connectivity index (χ4v) is 4.31. The van der Waals surface area contributed by atoms with E-state index in [1.165, 1.54) is 45.9 Å². The minimum absolute atomic E-state index is 0.259. The van der Waals surface area contributed by atoms with Crippen molar-refractivity contribution in [2.75, 3.05) is 24.4 Å². The summed E-state index contributed by atoms with van der Waals surface area (Å²) in [5.74, 6) is -0.541. The molecule has 0 unspecified atom stereocenters. The number of carbonyl (C=O) groups excluding carboxylic acids is 2. The number of amides is 2. The van der Waals surface area contributed by atoms with Gasteiger partial charge in [-0.1, -0.05) is 6.92 Å². The molecule has 0 fully saturated rings. The van der Waals surface area contributed by atoms with Crippen molar-refractivity contribution in [1.29, 1.82) is 0 Å². The zero-order chi connectivity index (χ0) is 17.7. The number of hydrogen-bond acceptors (Lipinski definition) is 7. The zero-order valence-corrected chi connectivity index (χ0v) is 16.3. The first-order valence-electron chi connectivity index (χ1n) is 7.22. The lowest BCUT2D eigenvalue weighted by Gasteiger charge is -2.09. The van der Waals surface area contributed by atoms with E-state index < -0.39 is 0 Å². The van der Waals surface area contributed by atoms with E-state index in [9.17, 15) is 9.59 Å². The van der Waals surface area contributed by atoms with Crippen LogP contribution in [0.25, 0.3) is 0 Å². The van der Waals surface area contributed by atoms with Crippen molar-refractivity contribution in [3.63, 3.8) is 0 Å². The van der Waals surface area contributed by atoms with Crippen LogP contribution in [0.3, 0.4) is 0 Å². The molecule has 10 heteroatoms. The predicted molar refractivity (Wildman–Crippen MR) is 99.5 cm³/mol. The van der Waals surface area contributed by atoms with Crippen molar-refractivity contribution in [3.8, 4) is 0 Å². The summed E-state index contributed by atoms with van der Waals surface area (Å²) in [6, 6.07) is 0. The maximum absolute atomic E-state index is 12.7. The van der Waals surface area contributed by atoms with Crippen LogP contribution in [0.1, 0.15) is 34.2 Å². The topological polar surface area (TPSA) is 88.9 Å². The number of aromatic nitrogens is 3. The lowest BCUT2D eigenvalue weighted by Crippen LogP contribution is -2.27. The van der Waals surface area contributed by atoms with Crippen LogP contribution in [0.4, 0.5) is 5.69 Å². The second kappa shape index (κ2) is 8.54. The van der Waals surface area contributed by atoms with Crippen molar-refractivity contribution >= 4 is 52.6 Å². The quantitative estimate of drug-likeness (QED) is 0.713. The van der Waals surface area contributed by atoms with Crippen LogP contribution in [0.15, 0.2) is 15.4 Å². The Hall–Kier alpha value is -1.52. The first-order valence-corrected chi connectivity index (χ1v) is 10.4. The van der Waals surface area contributed by atoms with Gasteiger partial charge < -0.3 is 10.6 Å². The van der Waals surface area contributed by atoms with Gasteiger partial charge in [-0.2, -0.15) is 9.47 Å². The first-order chi connectivity index (χ1) is 11.5. The molecule has 0 saturated heterocycles. The SMILES string of the molecule is CCCNC(=O)c1c(NC(=O)c2c(SC)nsc2SC)cnn1C. The van der Waals surface area contributed by atoms with Gasteiger partial charge in [0.25, 0.3) is 11.8 Å². The molecule has 2 N–H and O–H groups in total. The van der Waals surface area contributed by atoms with Gasteiger partial charge in [-0.15, -0.1) is 23.5 Å². The van der Waals surface area contributed by atoms with Gasteiger partial charge in [-0.25, -0.2) is 0 Å². The number of rotatable bonds is 7. The number of nitrogens with zero attached hydrogens (tertiary/aromatic N) is 3. The number of aryl methyl sites for hydroxylation is 1. The van der Waals surface area contributed by atoms with Crippen molar-refractivity contribution in [1.82, 2.24) is 19.5 Å². The summed E-state index contributed by atoms with van der Waals surface area (Å²) < 4.78 is 6.60. The molecule has 0 spiro atoms. The highest BCUT2D eigenvalue weighted by atomic mass is 32.2. The second-order valence-corrected chi connectivity index (χ2v) is 7.44. The van der Waals surface area contributed by atoms with E-state index in [-0.39, 0.29) is 11.8 Å². The van der Waals surface area contributed by atoms with Crippen molar-refractivity contribution in [3.05, 3.63) is 17.5 Å². The average molecular weight is 386 g/mol. The predicted octanol–water partition coefficient (Wildman–Crippen LogP) is 2.71. The van der Waals surface area contributed by atoms with E-state index >= 15 is 0 Å². The third-order valence-corrected chi connectivity index (χ3v) is 5.91. The third kappa shape index (κ3) is 3.93. The lowest BCUT2D eigenvalue weighted by atomic mass is 10.3. The molecular weight excluding hydrogens is 366 g/mol. The summed E-state index contributed by atoms with van der Waals surface area (Å²) >= 11 is 4.20. The molecule has 0 aromatic carbocycles. The Morgan fingerprint density at radius 1 is 1.29 bits per heavy atom. The van der Waals surface area contributed by atoms with Gasteiger partial charge >= 0.3 is 0 Å². The number of anilines is 1. The normalized spacial score (nSPS) is 10.7. The van der Waals surface area contributed by atoms with E-state index in [1.807, 2.05) is 19.4 Å². The Morgan fingerprint density at radius 2 is 2.04 bits per heavy atom. The Balaban J connectivity index is 2.27. The smallest absolute Gasteiger partial charge is 0.271 e. The van der Waals surface area contributed by atoms with E-state index in [4.69, 9.17) is 0 Å². The second-order valence-electron chi connectivity index (χ2n) is 4.80. The van der Waals surface area contributed by atoms with Crippen LogP contribution in [0.5, 0.6) is 0 Å². The molecular formula is C14H19N5O2S3. The molecule has 0 saturated carbocycles. The number of hydrogen-bond donors (Lipinski definition) is 2. The minimum Gasteiger partial charge on any atom is -0.351 e. The van der Waals surface area contributed by atoms with Crippen LogP contribution in [0.2, 0.25) is 0 Å². The van der Waals surface area contributed by atoms with Crippen LogP contribution >= 0.6 is 35.1 Å². The molecule has 7 nitrogen and oxygen atoms in total. The fourth-order valence-electron chi connectivity index (χ4n) is 2.04. The summed E-state index contributed by atoms with van der Waals surface area (Å²) in [4.78, 5) is 25.0. The van der Waals surface area contributed by atoms with Gasteiger partial charge in [0, 0.05) is 13.6 Å². The molecule has 0 atom stereocenters. The van der Waals surface area contributed by atoms with Gasteiger partial charge in [-0.3, -0.25) is 14.3 Å². The molecule has 0 radical (unpaired) electrons. The summed E-state index contributed by atoms with van der Waals surface area (Å²) in [6.45, 7) is 2.54. The number of carbonyl (C=O) groups is 2. The maximum atomic E-state index is 12.7. The molecule has 0 aliphatic carbocycles. The lowest BCUT2D eigenvalue weighted by molar-refractivity contribution is 0.0945. The van der Waals surface area contributed by atoms with Crippen LogP contribution in [0, 0.1) is 0 Å². The van der Waals surface area contributed by atoms with E-state index in [1.54, 1.807) is 7.05 Å². The Kier molecular flexibility index (Phi) is 6.69. The van der Waals surface area contributed by atoms with E-state index in [0.29, 0.717) is 28.5 Å². The monoisotopic (exact) mass is 385 g/mol. The molecule has 130 valence electrons. The van der Waals surface area contributed by atoms with Crippen molar-refractivity contribution in [2.24, 2.45) is 7.05 Å². The molecule has 0 bridgehead atoms. The highest BCUT2D eigenvalue weighted by Crippen LogP contribution is 2.33.